The molecule has 0 N–H and O–H groups in total. The summed E-state index contributed by atoms with van der Waals surface area (Å²) in [6.45, 7) is -0.116. The van der Waals surface area contributed by atoms with Gasteiger partial charge in [-0.3, -0.25) is 9.36 Å². The molecule has 0 radical (unpaired) electrons. The molecule has 2 aromatic carbocycles. The SMILES string of the molecule is O=c1c2cnn(-c3ccc(Br)cc3)c2ncn1Cc1cc(F)ccc1F. The third-order valence-corrected chi connectivity index (χ3v) is 4.50. The van der Waals surface area contributed by atoms with Gasteiger partial charge < -0.3 is 0 Å². The Hall–Kier alpha value is -2.87. The Kier molecular flexibility index (Phi) is 4.12. The molecule has 4 rings (SSSR count). The van der Waals surface area contributed by atoms with Crippen LogP contribution < -0.4 is 5.56 Å². The summed E-state index contributed by atoms with van der Waals surface area (Å²) < 4.78 is 30.9. The summed E-state index contributed by atoms with van der Waals surface area (Å²) in [5.41, 5.74) is 0.855. The maximum absolute atomic E-state index is 13.8. The van der Waals surface area contributed by atoms with Gasteiger partial charge in [-0.2, -0.15) is 5.10 Å². The third-order valence-electron chi connectivity index (χ3n) is 3.97. The summed E-state index contributed by atoms with van der Waals surface area (Å²) in [6.07, 6.45) is 2.73. The summed E-state index contributed by atoms with van der Waals surface area (Å²) in [5.74, 6) is -1.14. The van der Waals surface area contributed by atoms with Gasteiger partial charge >= 0.3 is 0 Å². The van der Waals surface area contributed by atoms with Gasteiger partial charge in [-0.05, 0) is 42.5 Å². The van der Waals surface area contributed by atoms with Gasteiger partial charge in [0.1, 0.15) is 23.3 Å². The van der Waals surface area contributed by atoms with Crippen molar-refractivity contribution in [1.82, 2.24) is 19.3 Å². The minimum atomic E-state index is -0.580. The number of rotatable bonds is 3. The molecule has 0 spiro atoms. The van der Waals surface area contributed by atoms with Crippen LogP contribution in [0.4, 0.5) is 8.78 Å². The van der Waals surface area contributed by atoms with Gasteiger partial charge in [0.15, 0.2) is 5.65 Å². The first-order chi connectivity index (χ1) is 12.5. The first-order valence-corrected chi connectivity index (χ1v) is 8.45. The quantitative estimate of drug-likeness (QED) is 0.511. The van der Waals surface area contributed by atoms with Crippen molar-refractivity contribution in [3.8, 4) is 5.69 Å². The van der Waals surface area contributed by atoms with Crippen molar-refractivity contribution >= 4 is 27.0 Å². The number of aromatic nitrogens is 4. The van der Waals surface area contributed by atoms with E-state index in [0.29, 0.717) is 11.0 Å². The lowest BCUT2D eigenvalue weighted by Gasteiger charge is -2.07. The van der Waals surface area contributed by atoms with Gasteiger partial charge in [0.05, 0.1) is 18.4 Å². The predicted octanol–water partition coefficient (Wildman–Crippen LogP) is 3.67. The zero-order valence-corrected chi connectivity index (χ0v) is 14.8. The fourth-order valence-corrected chi connectivity index (χ4v) is 2.94. The molecular weight excluding hydrogens is 406 g/mol. The number of hydrogen-bond acceptors (Lipinski definition) is 3. The van der Waals surface area contributed by atoms with Crippen molar-refractivity contribution in [2.45, 2.75) is 6.54 Å². The lowest BCUT2D eigenvalue weighted by molar-refractivity contribution is 0.574. The minimum Gasteiger partial charge on any atom is -0.294 e. The molecule has 0 fully saturated rings. The first-order valence-electron chi connectivity index (χ1n) is 7.66. The monoisotopic (exact) mass is 416 g/mol. The van der Waals surface area contributed by atoms with Gasteiger partial charge in [0.2, 0.25) is 0 Å². The second-order valence-corrected chi connectivity index (χ2v) is 6.60. The maximum atomic E-state index is 13.8. The fourth-order valence-electron chi connectivity index (χ4n) is 2.68. The Labute approximate surface area is 154 Å². The predicted molar refractivity (Wildman–Crippen MR) is 96.3 cm³/mol. The summed E-state index contributed by atoms with van der Waals surface area (Å²) in [5, 5.41) is 4.53. The number of nitrogens with zero attached hydrogens (tertiary/aromatic N) is 4. The van der Waals surface area contributed by atoms with E-state index in [-0.39, 0.29) is 17.7 Å². The molecule has 0 amide bonds. The highest BCUT2D eigenvalue weighted by atomic mass is 79.9. The minimum absolute atomic E-state index is 0.0774. The lowest BCUT2D eigenvalue weighted by Crippen LogP contribution is -2.21. The van der Waals surface area contributed by atoms with Gasteiger partial charge in [-0.1, -0.05) is 15.9 Å². The van der Waals surface area contributed by atoms with Gasteiger partial charge in [-0.15, -0.1) is 0 Å². The van der Waals surface area contributed by atoms with E-state index < -0.39 is 11.6 Å². The van der Waals surface area contributed by atoms with Gasteiger partial charge in [0.25, 0.3) is 5.56 Å². The van der Waals surface area contributed by atoms with Crippen LogP contribution in [0.2, 0.25) is 0 Å². The van der Waals surface area contributed by atoms with E-state index in [4.69, 9.17) is 0 Å². The average Bonchev–Trinajstić information content (AvgIpc) is 3.06. The largest absolute Gasteiger partial charge is 0.294 e. The molecule has 26 heavy (non-hydrogen) atoms. The van der Waals surface area contributed by atoms with Gasteiger partial charge in [-0.25, -0.2) is 18.4 Å². The van der Waals surface area contributed by atoms with E-state index in [0.717, 1.165) is 28.4 Å². The zero-order chi connectivity index (χ0) is 18.3. The van der Waals surface area contributed by atoms with Crippen LogP contribution in [-0.4, -0.2) is 19.3 Å². The molecule has 2 aromatic heterocycles. The highest BCUT2D eigenvalue weighted by molar-refractivity contribution is 9.10. The topological polar surface area (TPSA) is 52.7 Å². The van der Waals surface area contributed by atoms with E-state index in [2.05, 4.69) is 26.0 Å². The third kappa shape index (κ3) is 2.92. The number of benzene rings is 2. The highest BCUT2D eigenvalue weighted by Gasteiger charge is 2.13. The molecule has 0 bridgehead atoms. The van der Waals surface area contributed by atoms with Crippen LogP contribution in [0.3, 0.4) is 0 Å². The number of fused-ring (bicyclic) bond motifs is 1. The Morgan fingerprint density at radius 3 is 2.62 bits per heavy atom. The van der Waals surface area contributed by atoms with E-state index in [1.807, 2.05) is 24.3 Å². The molecule has 5 nitrogen and oxygen atoms in total. The van der Waals surface area contributed by atoms with E-state index in [1.54, 1.807) is 4.68 Å². The molecule has 0 saturated carbocycles. The molecule has 0 saturated heterocycles. The van der Waals surface area contributed by atoms with Crippen molar-refractivity contribution in [2.75, 3.05) is 0 Å². The second kappa shape index (κ2) is 6.45. The van der Waals surface area contributed by atoms with Crippen LogP contribution in [0.25, 0.3) is 16.7 Å². The van der Waals surface area contributed by atoms with Crippen LogP contribution in [0.5, 0.6) is 0 Å². The molecule has 0 aliphatic rings. The molecule has 0 atom stereocenters. The molecule has 8 heteroatoms. The van der Waals surface area contributed by atoms with Crippen molar-refractivity contribution in [2.24, 2.45) is 0 Å². The van der Waals surface area contributed by atoms with Crippen molar-refractivity contribution in [1.29, 1.82) is 0 Å². The lowest BCUT2D eigenvalue weighted by atomic mass is 10.2. The van der Waals surface area contributed by atoms with Crippen molar-refractivity contribution < 1.29 is 8.78 Å². The van der Waals surface area contributed by atoms with E-state index in [9.17, 15) is 13.6 Å². The number of hydrogen-bond donors (Lipinski definition) is 0. The molecular formula is C18H11BrF2N4O. The van der Waals surface area contributed by atoms with Crippen molar-refractivity contribution in [3.63, 3.8) is 0 Å². The van der Waals surface area contributed by atoms with E-state index in [1.165, 1.54) is 17.1 Å². The summed E-state index contributed by atoms with van der Waals surface area (Å²) in [4.78, 5) is 17.0. The molecule has 0 unspecified atom stereocenters. The van der Waals surface area contributed by atoms with Crippen LogP contribution in [-0.2, 0) is 6.54 Å². The average molecular weight is 417 g/mol. The van der Waals surface area contributed by atoms with Crippen LogP contribution >= 0.6 is 15.9 Å². The van der Waals surface area contributed by atoms with Gasteiger partial charge in [0, 0.05) is 10.0 Å². The standard InChI is InChI=1S/C18H11BrF2N4O/c19-12-1-4-14(5-2-12)25-17-15(8-23-25)18(26)24(10-22-17)9-11-7-13(20)3-6-16(11)21/h1-8,10H,9H2. The van der Waals surface area contributed by atoms with Crippen molar-refractivity contribution in [3.05, 3.63) is 87.0 Å². The molecule has 0 aliphatic carbocycles. The fraction of sp³-hybridized carbons (Fsp3) is 0.0556. The molecule has 130 valence electrons. The smallest absolute Gasteiger partial charge is 0.264 e. The van der Waals surface area contributed by atoms with Crippen LogP contribution in [0.15, 0.2) is 64.3 Å². The Balaban J connectivity index is 1.78. The van der Waals surface area contributed by atoms with E-state index >= 15 is 0 Å². The Morgan fingerprint density at radius 2 is 1.85 bits per heavy atom. The van der Waals surface area contributed by atoms with Crippen LogP contribution in [0, 0.1) is 11.6 Å². The first kappa shape index (κ1) is 16.6. The number of halogens is 3. The summed E-state index contributed by atoms with van der Waals surface area (Å²) in [6, 6.07) is 10.5. The molecule has 2 heterocycles. The Morgan fingerprint density at radius 1 is 1.08 bits per heavy atom. The summed E-state index contributed by atoms with van der Waals surface area (Å²) in [7, 11) is 0. The second-order valence-electron chi connectivity index (χ2n) is 5.68. The highest BCUT2D eigenvalue weighted by Crippen LogP contribution is 2.17. The molecule has 0 aliphatic heterocycles. The Bertz CT molecular complexity index is 1170. The molecule has 4 aromatic rings. The maximum Gasteiger partial charge on any atom is 0.264 e. The summed E-state index contributed by atoms with van der Waals surface area (Å²) >= 11 is 3.37. The van der Waals surface area contributed by atoms with Crippen LogP contribution in [0.1, 0.15) is 5.56 Å². The zero-order valence-electron chi connectivity index (χ0n) is 13.2. The normalized spacial score (nSPS) is 11.2.